The number of para-hydroxylation sites is 2. The summed E-state index contributed by atoms with van der Waals surface area (Å²) < 4.78 is 7.19. The first-order valence-corrected chi connectivity index (χ1v) is 10.2. The molecule has 3 heterocycles. The number of carbonyl (C=O) groups excluding carboxylic acids is 2. The molecule has 1 atom stereocenters. The highest BCUT2D eigenvalue weighted by atomic mass is 32.2. The summed E-state index contributed by atoms with van der Waals surface area (Å²) in [5.41, 5.74) is 2.23. The van der Waals surface area contributed by atoms with Crippen molar-refractivity contribution < 1.29 is 14.0 Å². The van der Waals surface area contributed by atoms with E-state index in [1.807, 2.05) is 49.7 Å². The number of nitrogens with one attached hydrogen (secondary N) is 1. The van der Waals surface area contributed by atoms with Gasteiger partial charge in [-0.15, -0.1) is 10.2 Å². The van der Waals surface area contributed by atoms with Crippen LogP contribution in [0, 0.1) is 6.92 Å². The Kier molecular flexibility index (Phi) is 5.14. The third-order valence-corrected chi connectivity index (χ3v) is 5.89. The van der Waals surface area contributed by atoms with Crippen molar-refractivity contribution in [3.8, 4) is 11.4 Å². The maximum Gasteiger partial charge on any atom is 0.237 e. The minimum atomic E-state index is -0.240. The van der Waals surface area contributed by atoms with Crippen molar-refractivity contribution in [1.29, 1.82) is 0 Å². The van der Waals surface area contributed by atoms with E-state index in [2.05, 4.69) is 15.5 Å². The van der Waals surface area contributed by atoms with Gasteiger partial charge in [-0.2, -0.15) is 0 Å². The minimum Gasteiger partial charge on any atom is -0.469 e. The first-order valence-electron chi connectivity index (χ1n) is 9.23. The van der Waals surface area contributed by atoms with Crippen LogP contribution in [-0.4, -0.2) is 38.4 Å². The molecule has 1 aromatic carbocycles. The van der Waals surface area contributed by atoms with Crippen molar-refractivity contribution in [2.75, 3.05) is 16.0 Å². The van der Waals surface area contributed by atoms with Gasteiger partial charge < -0.3 is 19.2 Å². The monoisotopic (exact) mass is 411 g/mol. The van der Waals surface area contributed by atoms with Crippen LogP contribution in [0.2, 0.25) is 0 Å². The summed E-state index contributed by atoms with van der Waals surface area (Å²) in [5.74, 6) is 1.45. The molecule has 29 heavy (non-hydrogen) atoms. The second-order valence-electron chi connectivity index (χ2n) is 6.93. The zero-order valence-corrected chi connectivity index (χ0v) is 17.2. The van der Waals surface area contributed by atoms with Crippen LogP contribution in [0.4, 0.5) is 11.4 Å². The Bertz CT molecular complexity index is 1070. The maximum absolute atomic E-state index is 13.1. The molecular weight excluding hydrogens is 390 g/mol. The second-order valence-corrected chi connectivity index (χ2v) is 7.87. The van der Waals surface area contributed by atoms with Gasteiger partial charge in [0.25, 0.3) is 0 Å². The smallest absolute Gasteiger partial charge is 0.237 e. The van der Waals surface area contributed by atoms with Gasteiger partial charge in [-0.05, 0) is 32.0 Å². The topological polar surface area (TPSA) is 93.3 Å². The van der Waals surface area contributed by atoms with Crippen molar-refractivity contribution >= 4 is 35.0 Å². The van der Waals surface area contributed by atoms with Gasteiger partial charge in [0.15, 0.2) is 11.0 Å². The van der Waals surface area contributed by atoms with Crippen LogP contribution < -0.4 is 10.2 Å². The Morgan fingerprint density at radius 1 is 1.31 bits per heavy atom. The van der Waals surface area contributed by atoms with E-state index in [4.69, 9.17) is 4.42 Å². The minimum absolute atomic E-state index is 0.0875. The summed E-state index contributed by atoms with van der Waals surface area (Å²) >= 11 is 1.32. The van der Waals surface area contributed by atoms with E-state index < -0.39 is 0 Å². The van der Waals surface area contributed by atoms with E-state index in [1.54, 1.807) is 17.2 Å². The molecule has 3 aromatic rings. The van der Waals surface area contributed by atoms with Crippen LogP contribution in [0.1, 0.15) is 19.1 Å². The predicted octanol–water partition coefficient (Wildman–Crippen LogP) is 3.24. The molecule has 0 aliphatic carbocycles. The third-order valence-electron chi connectivity index (χ3n) is 4.89. The highest BCUT2D eigenvalue weighted by Gasteiger charge is 2.29. The summed E-state index contributed by atoms with van der Waals surface area (Å²) in [5, 5.41) is 12.0. The van der Waals surface area contributed by atoms with Gasteiger partial charge in [-0.1, -0.05) is 23.9 Å². The van der Waals surface area contributed by atoms with E-state index in [0.717, 1.165) is 11.3 Å². The number of thioether (sulfide) groups is 1. The number of aryl methyl sites for hydroxylation is 1. The zero-order chi connectivity index (χ0) is 20.5. The zero-order valence-electron chi connectivity index (χ0n) is 16.4. The standard InChI is InChI=1S/C20H21N5O3S/c1-12-10-17(26)21-15-6-4-5-7-16(15)25(12)18(27)11-29-20-23-22-19(24(20)3)14-8-9-28-13(14)2/h4-9,12H,10-11H2,1-3H3,(H,21,26). The van der Waals surface area contributed by atoms with Crippen molar-refractivity contribution in [3.05, 3.63) is 42.4 Å². The molecule has 4 rings (SSSR count). The number of nitrogens with zero attached hydrogens (tertiary/aromatic N) is 4. The van der Waals surface area contributed by atoms with Gasteiger partial charge >= 0.3 is 0 Å². The molecule has 0 fully saturated rings. The lowest BCUT2D eigenvalue weighted by Gasteiger charge is -2.27. The Hall–Kier alpha value is -3.07. The average Bonchev–Trinajstić information content (AvgIpc) is 3.22. The lowest BCUT2D eigenvalue weighted by molar-refractivity contribution is -0.117. The number of furan rings is 1. The van der Waals surface area contributed by atoms with E-state index in [-0.39, 0.29) is 30.0 Å². The first-order chi connectivity index (χ1) is 14.0. The van der Waals surface area contributed by atoms with E-state index >= 15 is 0 Å². The molecule has 0 spiro atoms. The van der Waals surface area contributed by atoms with E-state index in [1.165, 1.54) is 11.8 Å². The Morgan fingerprint density at radius 3 is 2.86 bits per heavy atom. The largest absolute Gasteiger partial charge is 0.469 e. The molecule has 2 amide bonds. The molecule has 8 nitrogen and oxygen atoms in total. The lowest BCUT2D eigenvalue weighted by Crippen LogP contribution is -2.40. The summed E-state index contributed by atoms with van der Waals surface area (Å²) in [6.45, 7) is 3.75. The molecule has 1 N–H and O–H groups in total. The van der Waals surface area contributed by atoms with Gasteiger partial charge in [0.05, 0.1) is 29.0 Å². The van der Waals surface area contributed by atoms with Crippen molar-refractivity contribution in [1.82, 2.24) is 14.8 Å². The second kappa shape index (κ2) is 7.75. The SMILES string of the molecule is Cc1occc1-c1nnc(SCC(=O)N2c3ccccc3NC(=O)CC2C)n1C. The van der Waals surface area contributed by atoms with Crippen LogP contribution in [-0.2, 0) is 16.6 Å². The van der Waals surface area contributed by atoms with Crippen LogP contribution in [0.15, 0.2) is 46.2 Å². The van der Waals surface area contributed by atoms with Gasteiger partial charge in [0, 0.05) is 19.5 Å². The molecule has 9 heteroatoms. The quantitative estimate of drug-likeness (QED) is 0.663. The van der Waals surface area contributed by atoms with Gasteiger partial charge in [0.2, 0.25) is 11.8 Å². The molecule has 1 aliphatic heterocycles. The number of anilines is 2. The fraction of sp³-hybridized carbons (Fsp3) is 0.300. The molecule has 0 bridgehead atoms. The summed E-state index contributed by atoms with van der Waals surface area (Å²) in [6, 6.07) is 8.96. The number of amides is 2. The van der Waals surface area contributed by atoms with Crippen molar-refractivity contribution in [2.24, 2.45) is 7.05 Å². The number of carbonyl (C=O) groups is 2. The number of benzene rings is 1. The van der Waals surface area contributed by atoms with Crippen LogP contribution in [0.5, 0.6) is 0 Å². The average molecular weight is 411 g/mol. The molecule has 1 unspecified atom stereocenters. The molecule has 0 radical (unpaired) electrons. The van der Waals surface area contributed by atoms with Crippen LogP contribution in [0.25, 0.3) is 11.4 Å². The Morgan fingerprint density at radius 2 is 2.10 bits per heavy atom. The fourth-order valence-corrected chi connectivity index (χ4v) is 4.23. The summed E-state index contributed by atoms with van der Waals surface area (Å²) in [4.78, 5) is 26.9. The van der Waals surface area contributed by atoms with Gasteiger partial charge in [0.1, 0.15) is 5.76 Å². The lowest BCUT2D eigenvalue weighted by atomic mass is 10.2. The summed E-state index contributed by atoms with van der Waals surface area (Å²) in [6.07, 6.45) is 1.86. The maximum atomic E-state index is 13.1. The molecule has 150 valence electrons. The Balaban J connectivity index is 1.54. The normalized spacial score (nSPS) is 16.3. The Labute approximate surface area is 172 Å². The highest BCUT2D eigenvalue weighted by Crippen LogP contribution is 2.32. The summed E-state index contributed by atoms with van der Waals surface area (Å²) in [7, 11) is 1.86. The van der Waals surface area contributed by atoms with Crippen LogP contribution >= 0.6 is 11.8 Å². The molecular formula is C20H21N5O3S. The molecule has 0 saturated heterocycles. The van der Waals surface area contributed by atoms with Gasteiger partial charge in [-0.3, -0.25) is 9.59 Å². The van der Waals surface area contributed by atoms with Crippen LogP contribution in [0.3, 0.4) is 0 Å². The predicted molar refractivity (Wildman–Crippen MR) is 111 cm³/mol. The number of hydrogen-bond donors (Lipinski definition) is 1. The third kappa shape index (κ3) is 3.65. The first kappa shape index (κ1) is 19.3. The van der Waals surface area contributed by atoms with E-state index in [0.29, 0.717) is 22.4 Å². The van der Waals surface area contributed by atoms with Crippen molar-refractivity contribution in [2.45, 2.75) is 31.5 Å². The number of hydrogen-bond acceptors (Lipinski definition) is 6. The number of fused-ring (bicyclic) bond motifs is 1. The molecule has 1 aliphatic rings. The van der Waals surface area contributed by atoms with E-state index in [9.17, 15) is 9.59 Å². The number of aromatic nitrogens is 3. The van der Waals surface area contributed by atoms with Gasteiger partial charge in [-0.25, -0.2) is 0 Å². The fourth-order valence-electron chi connectivity index (χ4n) is 3.46. The highest BCUT2D eigenvalue weighted by molar-refractivity contribution is 7.99. The number of rotatable bonds is 4. The molecule has 0 saturated carbocycles. The van der Waals surface area contributed by atoms with Crippen molar-refractivity contribution in [3.63, 3.8) is 0 Å². The molecule has 2 aromatic heterocycles.